The molecule has 2 atom stereocenters. The average molecular weight is 301 g/mol. The predicted octanol–water partition coefficient (Wildman–Crippen LogP) is 0.237. The van der Waals surface area contributed by atoms with Crippen LogP contribution in [-0.4, -0.2) is 33.7 Å². The number of amides is 1. The van der Waals surface area contributed by atoms with Gasteiger partial charge in [-0.15, -0.1) is 0 Å². The minimum atomic E-state index is -1.60. The standard InChI is InChI=1S/C12H16FN3O5/c1-6(17)15-3-2-10(18)12(19)8-4-7(13)5-9(11(8)14)16(20)21/h4-5,10,12,18-19H,2-3,14H2,1H3,(H,15,17). The molecule has 0 aliphatic rings. The second-order valence-electron chi connectivity index (χ2n) is 4.47. The van der Waals surface area contributed by atoms with E-state index >= 15 is 0 Å². The Bertz CT molecular complexity index is 552. The van der Waals surface area contributed by atoms with Crippen molar-refractivity contribution >= 4 is 17.3 Å². The number of halogens is 1. The van der Waals surface area contributed by atoms with E-state index in [2.05, 4.69) is 5.32 Å². The van der Waals surface area contributed by atoms with Crippen molar-refractivity contribution < 1.29 is 24.3 Å². The third-order valence-corrected chi connectivity index (χ3v) is 2.85. The van der Waals surface area contributed by atoms with Gasteiger partial charge in [0.05, 0.1) is 17.1 Å². The Morgan fingerprint density at radius 3 is 2.67 bits per heavy atom. The van der Waals surface area contributed by atoms with Crippen molar-refractivity contribution in [2.45, 2.75) is 25.6 Å². The van der Waals surface area contributed by atoms with Gasteiger partial charge >= 0.3 is 0 Å². The molecule has 9 heteroatoms. The summed E-state index contributed by atoms with van der Waals surface area (Å²) >= 11 is 0. The number of carbonyl (C=O) groups excluding carboxylic acids is 1. The van der Waals surface area contributed by atoms with Gasteiger partial charge in [0.15, 0.2) is 0 Å². The molecule has 0 spiro atoms. The molecule has 0 radical (unpaired) electrons. The van der Waals surface area contributed by atoms with Crippen LogP contribution in [0.15, 0.2) is 12.1 Å². The molecule has 2 unspecified atom stereocenters. The molecule has 1 amide bonds. The molecule has 0 aromatic heterocycles. The van der Waals surface area contributed by atoms with Crippen molar-refractivity contribution in [3.63, 3.8) is 0 Å². The van der Waals surface area contributed by atoms with Crippen LogP contribution in [0.25, 0.3) is 0 Å². The molecular formula is C12H16FN3O5. The summed E-state index contributed by atoms with van der Waals surface area (Å²) in [5, 5.41) is 32.9. The van der Waals surface area contributed by atoms with E-state index in [1.807, 2.05) is 0 Å². The lowest BCUT2D eigenvalue weighted by molar-refractivity contribution is -0.384. The Morgan fingerprint density at radius 1 is 1.52 bits per heavy atom. The molecule has 116 valence electrons. The highest BCUT2D eigenvalue weighted by Crippen LogP contribution is 2.32. The maximum absolute atomic E-state index is 13.3. The molecule has 0 saturated heterocycles. The number of nitrogens with one attached hydrogen (secondary N) is 1. The van der Waals surface area contributed by atoms with Crippen LogP contribution in [0.3, 0.4) is 0 Å². The molecule has 1 rings (SSSR count). The number of aliphatic hydroxyl groups excluding tert-OH is 2. The Kier molecular flexibility index (Phi) is 5.56. The zero-order valence-electron chi connectivity index (χ0n) is 11.2. The number of hydrogen-bond donors (Lipinski definition) is 4. The van der Waals surface area contributed by atoms with E-state index in [9.17, 15) is 29.5 Å². The number of nitrogens with two attached hydrogens (primary N) is 1. The van der Waals surface area contributed by atoms with E-state index in [1.165, 1.54) is 6.92 Å². The molecule has 0 bridgehead atoms. The average Bonchev–Trinajstić information content (AvgIpc) is 2.39. The van der Waals surface area contributed by atoms with Gasteiger partial charge in [-0.3, -0.25) is 14.9 Å². The molecule has 0 heterocycles. The SMILES string of the molecule is CC(=O)NCCC(O)C(O)c1cc(F)cc([N+](=O)[O-])c1N. The highest BCUT2D eigenvalue weighted by molar-refractivity contribution is 5.72. The largest absolute Gasteiger partial charge is 0.393 e. The number of rotatable bonds is 6. The highest BCUT2D eigenvalue weighted by atomic mass is 19.1. The lowest BCUT2D eigenvalue weighted by Gasteiger charge is -2.19. The van der Waals surface area contributed by atoms with Crippen molar-refractivity contribution in [1.82, 2.24) is 5.32 Å². The van der Waals surface area contributed by atoms with E-state index < -0.39 is 34.3 Å². The Labute approximate surface area is 119 Å². The normalized spacial score (nSPS) is 13.5. The van der Waals surface area contributed by atoms with Gasteiger partial charge in [-0.05, 0) is 12.5 Å². The number of aliphatic hydroxyl groups is 2. The van der Waals surface area contributed by atoms with Gasteiger partial charge in [0, 0.05) is 19.0 Å². The Hall–Kier alpha value is -2.26. The van der Waals surface area contributed by atoms with E-state index in [-0.39, 0.29) is 24.4 Å². The highest BCUT2D eigenvalue weighted by Gasteiger charge is 2.26. The quantitative estimate of drug-likeness (QED) is 0.337. The van der Waals surface area contributed by atoms with E-state index in [0.29, 0.717) is 6.07 Å². The van der Waals surface area contributed by atoms with Crippen LogP contribution in [0.2, 0.25) is 0 Å². The number of nitro benzene ring substituents is 1. The predicted molar refractivity (Wildman–Crippen MR) is 71.7 cm³/mol. The summed E-state index contributed by atoms with van der Waals surface area (Å²) in [5.41, 5.74) is 4.16. The number of nitro groups is 1. The molecule has 5 N–H and O–H groups in total. The lowest BCUT2D eigenvalue weighted by Crippen LogP contribution is -2.28. The Morgan fingerprint density at radius 2 is 2.14 bits per heavy atom. The fourth-order valence-corrected chi connectivity index (χ4v) is 1.78. The molecule has 0 aliphatic heterocycles. The van der Waals surface area contributed by atoms with Crippen LogP contribution in [-0.2, 0) is 4.79 Å². The number of benzene rings is 1. The fourth-order valence-electron chi connectivity index (χ4n) is 1.78. The second-order valence-corrected chi connectivity index (χ2v) is 4.47. The van der Waals surface area contributed by atoms with Gasteiger partial charge in [0.1, 0.15) is 17.6 Å². The minimum absolute atomic E-state index is 0.0233. The molecule has 0 saturated carbocycles. The summed E-state index contributed by atoms with van der Waals surface area (Å²) < 4.78 is 13.3. The van der Waals surface area contributed by atoms with Crippen molar-refractivity contribution in [2.24, 2.45) is 0 Å². The third-order valence-electron chi connectivity index (χ3n) is 2.85. The van der Waals surface area contributed by atoms with Crippen LogP contribution < -0.4 is 11.1 Å². The topological polar surface area (TPSA) is 139 Å². The van der Waals surface area contributed by atoms with Gasteiger partial charge in [0.25, 0.3) is 5.69 Å². The van der Waals surface area contributed by atoms with Gasteiger partial charge in [-0.25, -0.2) is 4.39 Å². The first-order valence-corrected chi connectivity index (χ1v) is 6.08. The fraction of sp³-hybridized carbons (Fsp3) is 0.417. The Balaban J connectivity index is 2.93. The number of carbonyl (C=O) groups is 1. The number of anilines is 1. The summed E-state index contributed by atoms with van der Waals surface area (Å²) in [5.74, 6) is -1.25. The van der Waals surface area contributed by atoms with E-state index in [0.717, 1.165) is 6.07 Å². The van der Waals surface area contributed by atoms with Crippen molar-refractivity contribution in [2.75, 3.05) is 12.3 Å². The smallest absolute Gasteiger partial charge is 0.295 e. The molecule has 0 fully saturated rings. The van der Waals surface area contributed by atoms with Gasteiger partial charge in [0.2, 0.25) is 5.91 Å². The summed E-state index contributed by atoms with van der Waals surface area (Å²) in [6.45, 7) is 1.38. The molecule has 1 aromatic rings. The molecular weight excluding hydrogens is 285 g/mol. The zero-order chi connectivity index (χ0) is 16.2. The number of nitrogen functional groups attached to an aromatic ring is 1. The van der Waals surface area contributed by atoms with Gasteiger partial charge < -0.3 is 21.3 Å². The zero-order valence-corrected chi connectivity index (χ0v) is 11.2. The third kappa shape index (κ3) is 4.36. The monoisotopic (exact) mass is 301 g/mol. The lowest BCUT2D eigenvalue weighted by atomic mass is 9.99. The van der Waals surface area contributed by atoms with Crippen molar-refractivity contribution in [1.29, 1.82) is 0 Å². The first-order chi connectivity index (χ1) is 9.73. The first-order valence-electron chi connectivity index (χ1n) is 6.08. The molecule has 0 aliphatic carbocycles. The van der Waals surface area contributed by atoms with Crippen molar-refractivity contribution in [3.8, 4) is 0 Å². The maximum atomic E-state index is 13.3. The number of hydrogen-bond acceptors (Lipinski definition) is 6. The van der Waals surface area contributed by atoms with Gasteiger partial charge in [-0.2, -0.15) is 0 Å². The summed E-state index contributed by atoms with van der Waals surface area (Å²) in [6.07, 6.45) is -2.99. The first kappa shape index (κ1) is 16.8. The van der Waals surface area contributed by atoms with E-state index in [4.69, 9.17) is 5.73 Å². The molecule has 21 heavy (non-hydrogen) atoms. The summed E-state index contributed by atoms with van der Waals surface area (Å²) in [6, 6.07) is 1.46. The number of nitrogens with zero attached hydrogens (tertiary/aromatic N) is 1. The summed E-state index contributed by atoms with van der Waals surface area (Å²) in [7, 11) is 0. The van der Waals surface area contributed by atoms with Crippen LogP contribution in [0, 0.1) is 15.9 Å². The minimum Gasteiger partial charge on any atom is -0.393 e. The summed E-state index contributed by atoms with van der Waals surface area (Å²) in [4.78, 5) is 20.5. The van der Waals surface area contributed by atoms with Crippen LogP contribution in [0.5, 0.6) is 0 Å². The maximum Gasteiger partial charge on any atom is 0.295 e. The van der Waals surface area contributed by atoms with Crippen LogP contribution >= 0.6 is 0 Å². The van der Waals surface area contributed by atoms with Crippen molar-refractivity contribution in [3.05, 3.63) is 33.6 Å². The molecule has 1 aromatic carbocycles. The molecule has 8 nitrogen and oxygen atoms in total. The van der Waals surface area contributed by atoms with Gasteiger partial charge in [-0.1, -0.05) is 0 Å². The van der Waals surface area contributed by atoms with Crippen LogP contribution in [0.4, 0.5) is 15.8 Å². The second kappa shape index (κ2) is 6.95. The van der Waals surface area contributed by atoms with E-state index in [1.54, 1.807) is 0 Å². The van der Waals surface area contributed by atoms with Crippen LogP contribution in [0.1, 0.15) is 25.0 Å².